The molecule has 22 heavy (non-hydrogen) atoms. The van der Waals surface area contributed by atoms with Crippen LogP contribution in [-0.2, 0) is 19.2 Å². The lowest BCUT2D eigenvalue weighted by atomic mass is 10.1. The Kier molecular flexibility index (Phi) is 14.6. The highest BCUT2D eigenvalue weighted by Crippen LogP contribution is 1.97. The molecule has 0 fully saturated rings. The second-order valence-electron chi connectivity index (χ2n) is 3.90. The third-order valence-corrected chi connectivity index (χ3v) is 2.61. The average molecular weight is 343 g/mol. The van der Waals surface area contributed by atoms with Crippen LogP contribution in [0.3, 0.4) is 0 Å². The van der Waals surface area contributed by atoms with Crippen LogP contribution in [0.4, 0.5) is 0 Å². The smallest absolute Gasteiger partial charge is 0.322 e. The van der Waals surface area contributed by atoms with Crippen molar-refractivity contribution < 1.29 is 40.3 Å². The van der Waals surface area contributed by atoms with Crippen LogP contribution in [0.5, 0.6) is 0 Å². The number of nitrogens with two attached hydrogens (primary N) is 1. The topological polar surface area (TPSA) is 222 Å². The van der Waals surface area contributed by atoms with Gasteiger partial charge in [0.25, 0.3) is 0 Å². The normalized spacial score (nSPS) is 11.9. The van der Waals surface area contributed by atoms with Crippen molar-refractivity contribution in [2.45, 2.75) is 24.9 Å². The number of aliphatic carboxylic acids is 2. The Labute approximate surface area is 131 Å². The van der Waals surface area contributed by atoms with Gasteiger partial charge < -0.3 is 37.5 Å². The number of carboxylic acids is 2. The van der Waals surface area contributed by atoms with E-state index in [1.54, 1.807) is 0 Å². The van der Waals surface area contributed by atoms with Gasteiger partial charge in [0.05, 0.1) is 0 Å². The minimum Gasteiger partial charge on any atom is -0.480 e. The molecule has 12 heteroatoms. The van der Waals surface area contributed by atoms with E-state index in [9.17, 15) is 19.2 Å². The minimum atomic E-state index is -1.22. The molecule has 0 aromatic heterocycles. The molecule has 2 atom stereocenters. The molecule has 2 unspecified atom stereocenters. The molecule has 10 N–H and O–H groups in total. The summed E-state index contributed by atoms with van der Waals surface area (Å²) in [6, 6.07) is -2.15. The molecule has 2 amide bonds. The van der Waals surface area contributed by atoms with Crippen LogP contribution in [0.2, 0.25) is 0 Å². The zero-order valence-electron chi connectivity index (χ0n) is 11.5. The largest absolute Gasteiger partial charge is 0.480 e. The summed E-state index contributed by atoms with van der Waals surface area (Å²) in [4.78, 5) is 43.7. The average Bonchev–Trinajstić information content (AvgIpc) is 2.38. The van der Waals surface area contributed by atoms with Gasteiger partial charge in [-0.2, -0.15) is 12.6 Å². The Morgan fingerprint density at radius 1 is 1.14 bits per heavy atom. The maximum Gasteiger partial charge on any atom is 0.322 e. The molecule has 130 valence electrons. The van der Waals surface area contributed by atoms with E-state index in [-0.39, 0.29) is 29.5 Å². The number of hydrogen-bond donors (Lipinski definition) is 6. The molecule has 0 spiro atoms. The summed E-state index contributed by atoms with van der Waals surface area (Å²) in [5.74, 6) is -3.70. The molecule has 0 radical (unpaired) electrons. The minimum absolute atomic E-state index is 0. The van der Waals surface area contributed by atoms with Crippen molar-refractivity contribution in [2.24, 2.45) is 5.73 Å². The number of amides is 2. The monoisotopic (exact) mass is 343 g/mol. The first kappa shape index (κ1) is 25.1. The Hall–Kier alpha value is -1.89. The number of carbonyl (C=O) groups excluding carboxylic acids is 2. The molecule has 0 bridgehead atoms. The van der Waals surface area contributed by atoms with Crippen LogP contribution in [0.15, 0.2) is 0 Å². The van der Waals surface area contributed by atoms with Gasteiger partial charge in [0.15, 0.2) is 0 Å². The number of thiol groups is 1. The van der Waals surface area contributed by atoms with Crippen LogP contribution in [-0.4, -0.2) is 69.3 Å². The van der Waals surface area contributed by atoms with Gasteiger partial charge >= 0.3 is 11.9 Å². The standard InChI is InChI=1S/C10H17N3O6S.2H2O/c11-5(10(18)19)1-2-7(14)13-6(4-20)9(17)12-3-8(15)16;;/h5-6,20H,1-4,11H2,(H,12,17)(H,13,14)(H,15,16)(H,18,19);2*1H2. The van der Waals surface area contributed by atoms with Gasteiger partial charge in [-0.15, -0.1) is 0 Å². The molecule has 0 aliphatic carbocycles. The van der Waals surface area contributed by atoms with E-state index >= 15 is 0 Å². The third-order valence-electron chi connectivity index (χ3n) is 2.25. The van der Waals surface area contributed by atoms with Gasteiger partial charge in [0, 0.05) is 12.2 Å². The molecule has 0 aromatic carbocycles. The van der Waals surface area contributed by atoms with Crippen LogP contribution < -0.4 is 16.4 Å². The summed E-state index contributed by atoms with van der Waals surface area (Å²) >= 11 is 3.87. The van der Waals surface area contributed by atoms with Crippen LogP contribution in [0.25, 0.3) is 0 Å². The number of carbonyl (C=O) groups is 4. The van der Waals surface area contributed by atoms with Crippen LogP contribution in [0.1, 0.15) is 12.8 Å². The number of carboxylic acid groups (broad SMARTS) is 2. The highest BCUT2D eigenvalue weighted by Gasteiger charge is 2.20. The molecule has 11 nitrogen and oxygen atoms in total. The molecule has 0 saturated carbocycles. The summed E-state index contributed by atoms with van der Waals surface area (Å²) in [5.41, 5.74) is 5.23. The predicted octanol–water partition coefficient (Wildman–Crippen LogP) is -3.86. The van der Waals surface area contributed by atoms with Gasteiger partial charge in [-0.05, 0) is 6.42 Å². The van der Waals surface area contributed by atoms with E-state index in [0.29, 0.717) is 0 Å². The molecule has 0 heterocycles. The molecule has 0 aliphatic heterocycles. The van der Waals surface area contributed by atoms with Gasteiger partial charge in [-0.1, -0.05) is 0 Å². The fourth-order valence-electron chi connectivity index (χ4n) is 1.16. The van der Waals surface area contributed by atoms with E-state index in [1.165, 1.54) is 0 Å². The first-order valence-corrected chi connectivity index (χ1v) is 6.29. The lowest BCUT2D eigenvalue weighted by molar-refractivity contribution is -0.139. The zero-order valence-corrected chi connectivity index (χ0v) is 12.4. The van der Waals surface area contributed by atoms with Crippen molar-refractivity contribution in [3.8, 4) is 0 Å². The molecule has 0 aromatic rings. The lowest BCUT2D eigenvalue weighted by Gasteiger charge is -2.16. The summed E-state index contributed by atoms with van der Waals surface area (Å²) in [5, 5.41) is 21.4. The number of rotatable bonds is 9. The van der Waals surface area contributed by atoms with Gasteiger partial charge in [0.2, 0.25) is 11.8 Å². The Morgan fingerprint density at radius 2 is 1.68 bits per heavy atom. The van der Waals surface area contributed by atoms with E-state index < -0.39 is 42.4 Å². The quantitative estimate of drug-likeness (QED) is 0.228. The third kappa shape index (κ3) is 10.8. The lowest BCUT2D eigenvalue weighted by Crippen LogP contribution is -2.49. The van der Waals surface area contributed by atoms with Crippen molar-refractivity contribution in [2.75, 3.05) is 12.3 Å². The molecular formula is C10H21N3O8S. The first-order valence-electron chi connectivity index (χ1n) is 5.66. The Balaban J connectivity index is -0.00000180. The van der Waals surface area contributed by atoms with E-state index in [1.807, 2.05) is 0 Å². The fourth-order valence-corrected chi connectivity index (χ4v) is 1.41. The number of hydrogen-bond acceptors (Lipinski definition) is 6. The summed E-state index contributed by atoms with van der Waals surface area (Å²) < 4.78 is 0. The number of nitrogens with one attached hydrogen (secondary N) is 2. The van der Waals surface area contributed by atoms with Crippen LogP contribution >= 0.6 is 12.6 Å². The molecule has 0 saturated heterocycles. The predicted molar refractivity (Wildman–Crippen MR) is 78.5 cm³/mol. The Morgan fingerprint density at radius 3 is 2.09 bits per heavy atom. The van der Waals surface area contributed by atoms with E-state index in [4.69, 9.17) is 15.9 Å². The van der Waals surface area contributed by atoms with Crippen molar-refractivity contribution in [3.63, 3.8) is 0 Å². The van der Waals surface area contributed by atoms with Crippen molar-refractivity contribution in [3.05, 3.63) is 0 Å². The Bertz CT molecular complexity index is 392. The van der Waals surface area contributed by atoms with Crippen LogP contribution in [0, 0.1) is 0 Å². The summed E-state index contributed by atoms with van der Waals surface area (Å²) in [6.45, 7) is -0.567. The van der Waals surface area contributed by atoms with Gasteiger partial charge in [0.1, 0.15) is 18.6 Å². The molecule has 0 aliphatic rings. The van der Waals surface area contributed by atoms with E-state index in [0.717, 1.165) is 0 Å². The van der Waals surface area contributed by atoms with Gasteiger partial charge in [-0.3, -0.25) is 19.2 Å². The second kappa shape index (κ2) is 12.8. The zero-order chi connectivity index (χ0) is 15.7. The highest BCUT2D eigenvalue weighted by atomic mass is 32.1. The second-order valence-corrected chi connectivity index (χ2v) is 4.26. The van der Waals surface area contributed by atoms with Crippen molar-refractivity contribution in [1.29, 1.82) is 0 Å². The van der Waals surface area contributed by atoms with Gasteiger partial charge in [-0.25, -0.2) is 0 Å². The summed E-state index contributed by atoms with van der Waals surface area (Å²) in [7, 11) is 0. The van der Waals surface area contributed by atoms with Crippen molar-refractivity contribution in [1.82, 2.24) is 10.6 Å². The van der Waals surface area contributed by atoms with Crippen molar-refractivity contribution >= 4 is 36.4 Å². The fraction of sp³-hybridized carbons (Fsp3) is 0.600. The summed E-state index contributed by atoms with van der Waals surface area (Å²) in [6.07, 6.45) is -0.235. The maximum atomic E-state index is 11.5. The highest BCUT2D eigenvalue weighted by molar-refractivity contribution is 7.80. The first-order chi connectivity index (χ1) is 9.27. The van der Waals surface area contributed by atoms with E-state index in [2.05, 4.69) is 23.3 Å². The maximum absolute atomic E-state index is 11.5. The molecule has 0 rings (SSSR count). The molecular weight excluding hydrogens is 322 g/mol. The SMILES string of the molecule is NC(CCC(=O)NC(CS)C(=O)NCC(=O)O)C(=O)O.O.O.